The van der Waals surface area contributed by atoms with Crippen LogP contribution in [0, 0.1) is 0 Å². The number of anilines is 2. The van der Waals surface area contributed by atoms with Crippen LogP contribution in [-0.2, 0) is 4.79 Å². The second-order valence-corrected chi connectivity index (χ2v) is 8.07. The quantitative estimate of drug-likeness (QED) is 0.320. The molecule has 6 heteroatoms. The number of hydrogen-bond donors (Lipinski definition) is 0. The normalized spacial score (nSPS) is 14.1. The molecule has 4 nitrogen and oxygen atoms in total. The van der Waals surface area contributed by atoms with Gasteiger partial charge in [0.2, 0.25) is 0 Å². The van der Waals surface area contributed by atoms with Gasteiger partial charge in [-0.2, -0.15) is 0 Å². The highest BCUT2D eigenvalue weighted by Gasteiger charge is 2.35. The van der Waals surface area contributed by atoms with Crippen LogP contribution in [-0.4, -0.2) is 16.4 Å². The fourth-order valence-corrected chi connectivity index (χ4v) is 4.44. The van der Waals surface area contributed by atoms with Gasteiger partial charge in [0.1, 0.15) is 0 Å². The van der Waals surface area contributed by atoms with Gasteiger partial charge in [-0.05, 0) is 48.5 Å². The zero-order valence-electron chi connectivity index (χ0n) is 16.7. The van der Waals surface area contributed by atoms with Crippen molar-refractivity contribution < 1.29 is 9.59 Å². The number of benzene rings is 3. The molecule has 5 rings (SSSR count). The summed E-state index contributed by atoms with van der Waals surface area (Å²) in [5.41, 5.74) is 3.49. The molecule has 0 saturated heterocycles. The number of halogens is 2. The third-order valence-electron chi connectivity index (χ3n) is 5.34. The number of aromatic nitrogens is 1. The third-order valence-corrected chi connectivity index (χ3v) is 5.95. The van der Waals surface area contributed by atoms with Crippen molar-refractivity contribution in [3.8, 4) is 0 Å². The Kier molecular flexibility index (Phi) is 5.17. The zero-order chi connectivity index (χ0) is 22.2. The standard InChI is InChI=1S/C26H16Cl2N2O2/c27-21-12-6-13-22(28)24(21)30-23-14-5-4-11-19(23)20(26(30)32)16-18-10-7-15-29(18)25(31)17-8-2-1-3-9-17/h1-16H/b20-16-. The van der Waals surface area contributed by atoms with Crippen LogP contribution in [0.4, 0.5) is 11.4 Å². The van der Waals surface area contributed by atoms with Gasteiger partial charge in [-0.3, -0.25) is 19.1 Å². The number of nitrogens with zero attached hydrogens (tertiary/aromatic N) is 2. The molecule has 1 amide bonds. The van der Waals surface area contributed by atoms with Crippen molar-refractivity contribution in [2.75, 3.05) is 4.90 Å². The molecular weight excluding hydrogens is 443 g/mol. The molecule has 1 aromatic heterocycles. The fraction of sp³-hybridized carbons (Fsp3) is 0. The van der Waals surface area contributed by atoms with Crippen molar-refractivity contribution in [1.29, 1.82) is 0 Å². The van der Waals surface area contributed by atoms with Crippen LogP contribution >= 0.6 is 23.2 Å². The Labute approximate surface area is 194 Å². The number of amides is 1. The Morgan fingerprint density at radius 2 is 1.47 bits per heavy atom. The number of hydrogen-bond acceptors (Lipinski definition) is 2. The van der Waals surface area contributed by atoms with Crippen LogP contribution in [0.5, 0.6) is 0 Å². The fourth-order valence-electron chi connectivity index (χ4n) is 3.87. The van der Waals surface area contributed by atoms with Crippen LogP contribution in [0.15, 0.2) is 91.1 Å². The molecular formula is C26H16Cl2N2O2. The van der Waals surface area contributed by atoms with Gasteiger partial charge in [0.15, 0.2) is 0 Å². The molecule has 0 radical (unpaired) electrons. The lowest BCUT2D eigenvalue weighted by atomic mass is 10.1. The molecule has 0 bridgehead atoms. The summed E-state index contributed by atoms with van der Waals surface area (Å²) >= 11 is 12.8. The van der Waals surface area contributed by atoms with Crippen LogP contribution in [0.3, 0.4) is 0 Å². The van der Waals surface area contributed by atoms with Crippen molar-refractivity contribution >= 4 is 58.0 Å². The van der Waals surface area contributed by atoms with E-state index in [4.69, 9.17) is 23.2 Å². The average Bonchev–Trinajstić information content (AvgIpc) is 3.38. The number of fused-ring (bicyclic) bond motifs is 1. The highest BCUT2D eigenvalue weighted by molar-refractivity contribution is 6.44. The summed E-state index contributed by atoms with van der Waals surface area (Å²) in [4.78, 5) is 28.1. The second-order valence-electron chi connectivity index (χ2n) is 7.26. The Bertz CT molecular complexity index is 1370. The third kappa shape index (κ3) is 3.34. The molecule has 32 heavy (non-hydrogen) atoms. The minimum Gasteiger partial charge on any atom is -0.284 e. The summed E-state index contributed by atoms with van der Waals surface area (Å²) in [6.45, 7) is 0. The van der Waals surface area contributed by atoms with Gasteiger partial charge in [-0.25, -0.2) is 0 Å². The van der Waals surface area contributed by atoms with E-state index in [0.29, 0.717) is 38.3 Å². The lowest BCUT2D eigenvalue weighted by Gasteiger charge is -2.20. The Balaban J connectivity index is 1.63. The largest absolute Gasteiger partial charge is 0.284 e. The summed E-state index contributed by atoms with van der Waals surface area (Å²) in [6, 6.07) is 25.2. The van der Waals surface area contributed by atoms with Crippen LogP contribution in [0.2, 0.25) is 10.0 Å². The second kappa shape index (κ2) is 8.15. The molecule has 0 N–H and O–H groups in total. The lowest BCUT2D eigenvalue weighted by Crippen LogP contribution is -2.21. The lowest BCUT2D eigenvalue weighted by molar-refractivity contribution is -0.112. The van der Waals surface area contributed by atoms with E-state index in [1.54, 1.807) is 54.7 Å². The first kappa shape index (κ1) is 20.3. The van der Waals surface area contributed by atoms with E-state index < -0.39 is 0 Å². The first-order valence-corrected chi connectivity index (χ1v) is 10.7. The van der Waals surface area contributed by atoms with Gasteiger partial charge in [-0.15, -0.1) is 0 Å². The minimum absolute atomic E-state index is 0.174. The van der Waals surface area contributed by atoms with Gasteiger partial charge in [0, 0.05) is 23.0 Å². The summed E-state index contributed by atoms with van der Waals surface area (Å²) < 4.78 is 1.53. The summed E-state index contributed by atoms with van der Waals surface area (Å²) in [6.07, 6.45) is 3.42. The van der Waals surface area contributed by atoms with Crippen molar-refractivity contribution in [1.82, 2.24) is 4.57 Å². The Morgan fingerprint density at radius 3 is 2.22 bits per heavy atom. The monoisotopic (exact) mass is 458 g/mol. The smallest absolute Gasteiger partial charge is 0.263 e. The molecule has 0 atom stereocenters. The molecule has 0 aliphatic carbocycles. The summed E-state index contributed by atoms with van der Waals surface area (Å²) in [5.74, 6) is -0.437. The van der Waals surface area contributed by atoms with E-state index in [1.807, 2.05) is 42.5 Å². The molecule has 0 unspecified atom stereocenters. The predicted octanol–water partition coefficient (Wildman–Crippen LogP) is 6.70. The average molecular weight is 459 g/mol. The number of rotatable bonds is 3. The molecule has 1 aliphatic rings. The van der Waals surface area contributed by atoms with Gasteiger partial charge < -0.3 is 0 Å². The molecule has 0 fully saturated rings. The van der Waals surface area contributed by atoms with Crippen molar-refractivity contribution in [2.24, 2.45) is 0 Å². The van der Waals surface area contributed by atoms with Crippen LogP contribution in [0.1, 0.15) is 21.6 Å². The first-order valence-electron chi connectivity index (χ1n) is 9.93. The van der Waals surface area contributed by atoms with Crippen LogP contribution < -0.4 is 4.90 Å². The van der Waals surface area contributed by atoms with Crippen molar-refractivity contribution in [3.63, 3.8) is 0 Å². The predicted molar refractivity (Wildman–Crippen MR) is 129 cm³/mol. The summed E-state index contributed by atoms with van der Waals surface area (Å²) in [5, 5.41) is 0.758. The van der Waals surface area contributed by atoms with E-state index >= 15 is 0 Å². The van der Waals surface area contributed by atoms with Gasteiger partial charge in [0.25, 0.3) is 11.8 Å². The molecule has 156 valence electrons. The van der Waals surface area contributed by atoms with E-state index in [-0.39, 0.29) is 11.8 Å². The molecule has 0 spiro atoms. The van der Waals surface area contributed by atoms with Gasteiger partial charge >= 0.3 is 0 Å². The number of para-hydroxylation sites is 2. The van der Waals surface area contributed by atoms with E-state index in [9.17, 15) is 9.59 Å². The van der Waals surface area contributed by atoms with Gasteiger partial charge in [-0.1, -0.05) is 65.7 Å². The van der Waals surface area contributed by atoms with E-state index in [0.717, 1.165) is 5.56 Å². The topological polar surface area (TPSA) is 42.3 Å². The molecule has 3 aromatic carbocycles. The van der Waals surface area contributed by atoms with E-state index in [2.05, 4.69) is 0 Å². The zero-order valence-corrected chi connectivity index (χ0v) is 18.2. The Morgan fingerprint density at radius 1 is 0.781 bits per heavy atom. The van der Waals surface area contributed by atoms with Crippen molar-refractivity contribution in [2.45, 2.75) is 0 Å². The molecule has 4 aromatic rings. The van der Waals surface area contributed by atoms with Crippen LogP contribution in [0.25, 0.3) is 11.6 Å². The van der Waals surface area contributed by atoms with Gasteiger partial charge in [0.05, 0.1) is 27.0 Å². The SMILES string of the molecule is O=C1/C(=C\c2cccn2C(=O)c2ccccc2)c2ccccc2N1c1c(Cl)cccc1Cl. The molecule has 1 aliphatic heterocycles. The molecule has 2 heterocycles. The van der Waals surface area contributed by atoms with E-state index in [1.165, 1.54) is 9.47 Å². The summed E-state index contributed by atoms with van der Waals surface area (Å²) in [7, 11) is 0. The molecule has 0 saturated carbocycles. The van der Waals surface area contributed by atoms with Crippen molar-refractivity contribution in [3.05, 3.63) is 118 Å². The first-order chi connectivity index (χ1) is 15.6. The maximum atomic E-state index is 13.6. The Hall–Kier alpha value is -3.60. The number of carbonyl (C=O) groups excluding carboxylic acids is 2. The maximum absolute atomic E-state index is 13.6. The number of carbonyl (C=O) groups is 2. The minimum atomic E-state index is -0.263. The maximum Gasteiger partial charge on any atom is 0.263 e. The highest BCUT2D eigenvalue weighted by Crippen LogP contribution is 2.46. The highest BCUT2D eigenvalue weighted by atomic mass is 35.5.